The van der Waals surface area contributed by atoms with Gasteiger partial charge >= 0.3 is 0 Å². The van der Waals surface area contributed by atoms with Crippen LogP contribution in [0.2, 0.25) is 0 Å². The van der Waals surface area contributed by atoms with E-state index in [2.05, 4.69) is 13.8 Å². The molecule has 0 aromatic carbocycles. The first kappa shape index (κ1) is 11.9. The molecule has 4 unspecified atom stereocenters. The zero-order valence-corrected chi connectivity index (χ0v) is 11.1. The van der Waals surface area contributed by atoms with Gasteiger partial charge in [0.2, 0.25) is 0 Å². The van der Waals surface area contributed by atoms with Gasteiger partial charge in [0.1, 0.15) is 18.3 Å². The third-order valence-electron chi connectivity index (χ3n) is 3.87. The van der Waals surface area contributed by atoms with Gasteiger partial charge in [0.25, 0.3) is 0 Å². The molecule has 0 aromatic heterocycles. The maximum absolute atomic E-state index is 6.05. The summed E-state index contributed by atoms with van der Waals surface area (Å²) in [7, 11) is 0. The zero-order chi connectivity index (χ0) is 12.3. The molecule has 0 spiro atoms. The largest absolute Gasteiger partial charge is 0.370 e. The molecular weight excluding hydrogens is 220 g/mol. The van der Waals surface area contributed by atoms with Crippen LogP contribution in [0.25, 0.3) is 0 Å². The van der Waals surface area contributed by atoms with E-state index in [1.165, 1.54) is 0 Å². The quantitative estimate of drug-likeness (QED) is 0.703. The van der Waals surface area contributed by atoms with E-state index >= 15 is 0 Å². The van der Waals surface area contributed by atoms with Crippen molar-refractivity contribution >= 4 is 0 Å². The summed E-state index contributed by atoms with van der Waals surface area (Å²) in [6.45, 7) is 8.81. The van der Waals surface area contributed by atoms with Crippen molar-refractivity contribution in [2.24, 2.45) is 0 Å². The molecule has 0 aliphatic carbocycles. The number of rotatable bonds is 1. The van der Waals surface area contributed by atoms with Crippen LogP contribution in [0.5, 0.6) is 0 Å². The number of hydrogen-bond acceptors (Lipinski definition) is 4. The minimum absolute atomic E-state index is 0.0267. The van der Waals surface area contributed by atoms with Gasteiger partial charge in [-0.1, -0.05) is 0 Å². The summed E-state index contributed by atoms with van der Waals surface area (Å²) in [4.78, 5) is 0. The van der Waals surface area contributed by atoms with Crippen LogP contribution in [0.3, 0.4) is 0 Å². The average molecular weight is 242 g/mol. The Kier molecular flexibility index (Phi) is 2.57. The Morgan fingerprint density at radius 3 is 2.29 bits per heavy atom. The summed E-state index contributed by atoms with van der Waals surface area (Å²) in [5.74, 6) is -0.481. The lowest BCUT2D eigenvalue weighted by atomic mass is 10.0. The Bertz CT molecular complexity index is 313. The number of ether oxygens (including phenoxy) is 4. The maximum Gasteiger partial charge on any atom is 0.164 e. The normalized spacial score (nSPS) is 47.3. The Morgan fingerprint density at radius 1 is 0.882 bits per heavy atom. The number of fused-ring (bicyclic) bond motifs is 1. The van der Waals surface area contributed by atoms with Gasteiger partial charge < -0.3 is 18.9 Å². The Balaban J connectivity index is 1.70. The summed E-state index contributed by atoms with van der Waals surface area (Å²) in [5.41, 5.74) is -0.0267. The molecule has 0 bridgehead atoms. The van der Waals surface area contributed by atoms with E-state index in [1.807, 2.05) is 13.8 Å². The molecule has 98 valence electrons. The van der Waals surface area contributed by atoms with Gasteiger partial charge in [0.05, 0.1) is 18.3 Å². The van der Waals surface area contributed by atoms with Crippen molar-refractivity contribution in [3.8, 4) is 0 Å². The van der Waals surface area contributed by atoms with E-state index in [1.54, 1.807) is 0 Å². The van der Waals surface area contributed by atoms with Crippen LogP contribution in [-0.4, -0.2) is 42.4 Å². The van der Waals surface area contributed by atoms with Gasteiger partial charge in [-0.05, 0) is 40.5 Å². The molecule has 17 heavy (non-hydrogen) atoms. The molecule has 3 aliphatic heterocycles. The fraction of sp³-hybridized carbons (Fsp3) is 1.00. The lowest BCUT2D eigenvalue weighted by Crippen LogP contribution is -2.39. The molecule has 0 amide bonds. The predicted octanol–water partition coefficient (Wildman–Crippen LogP) is 1.86. The molecule has 0 N–H and O–H groups in total. The van der Waals surface area contributed by atoms with Gasteiger partial charge in [0.15, 0.2) is 5.79 Å². The first-order chi connectivity index (χ1) is 7.86. The fourth-order valence-corrected chi connectivity index (χ4v) is 3.14. The summed E-state index contributed by atoms with van der Waals surface area (Å²) in [6, 6.07) is 0. The highest BCUT2D eigenvalue weighted by Gasteiger charge is 2.54. The average Bonchev–Trinajstić information content (AvgIpc) is 2.77. The molecule has 3 aliphatic rings. The van der Waals surface area contributed by atoms with Gasteiger partial charge in [-0.25, -0.2) is 0 Å². The van der Waals surface area contributed by atoms with Crippen LogP contribution >= 0.6 is 0 Å². The Hall–Kier alpha value is -0.160. The third-order valence-corrected chi connectivity index (χ3v) is 3.87. The SMILES string of the molecule is CC1(C)CCC(C2OCC3OC(C)(C)OC32)O1. The summed E-state index contributed by atoms with van der Waals surface area (Å²) < 4.78 is 23.6. The first-order valence-corrected chi connectivity index (χ1v) is 6.51. The van der Waals surface area contributed by atoms with Gasteiger partial charge in [0, 0.05) is 0 Å². The van der Waals surface area contributed by atoms with Crippen LogP contribution in [0.15, 0.2) is 0 Å². The smallest absolute Gasteiger partial charge is 0.164 e. The second-order valence-corrected chi connectivity index (χ2v) is 6.39. The van der Waals surface area contributed by atoms with Crippen molar-refractivity contribution in [1.29, 1.82) is 0 Å². The van der Waals surface area contributed by atoms with E-state index in [0.29, 0.717) is 6.61 Å². The first-order valence-electron chi connectivity index (χ1n) is 6.51. The van der Waals surface area contributed by atoms with Crippen LogP contribution in [-0.2, 0) is 18.9 Å². The highest BCUT2D eigenvalue weighted by Crippen LogP contribution is 2.41. The lowest BCUT2D eigenvalue weighted by molar-refractivity contribution is -0.189. The molecule has 4 atom stereocenters. The lowest BCUT2D eigenvalue weighted by Gasteiger charge is -2.27. The molecule has 3 rings (SSSR count). The van der Waals surface area contributed by atoms with E-state index in [0.717, 1.165) is 12.8 Å². The van der Waals surface area contributed by atoms with Crippen LogP contribution in [0.1, 0.15) is 40.5 Å². The molecule has 0 aromatic rings. The Labute approximate surface area is 103 Å². The minimum atomic E-state index is -0.481. The minimum Gasteiger partial charge on any atom is -0.370 e. The molecule has 3 fully saturated rings. The summed E-state index contributed by atoms with van der Waals surface area (Å²) >= 11 is 0. The van der Waals surface area contributed by atoms with E-state index < -0.39 is 5.79 Å². The summed E-state index contributed by atoms with van der Waals surface area (Å²) in [5, 5.41) is 0. The second kappa shape index (κ2) is 3.67. The third kappa shape index (κ3) is 2.12. The molecule has 3 saturated heterocycles. The van der Waals surface area contributed by atoms with Crippen molar-refractivity contribution in [1.82, 2.24) is 0 Å². The van der Waals surface area contributed by atoms with Crippen molar-refractivity contribution in [2.75, 3.05) is 6.61 Å². The topological polar surface area (TPSA) is 36.9 Å². The highest BCUT2D eigenvalue weighted by atomic mass is 16.8. The van der Waals surface area contributed by atoms with Crippen LogP contribution < -0.4 is 0 Å². The zero-order valence-electron chi connectivity index (χ0n) is 11.1. The van der Waals surface area contributed by atoms with Gasteiger partial charge in [-0.3, -0.25) is 0 Å². The Morgan fingerprint density at radius 2 is 1.65 bits per heavy atom. The van der Waals surface area contributed by atoms with Gasteiger partial charge in [-0.15, -0.1) is 0 Å². The number of hydrogen-bond donors (Lipinski definition) is 0. The predicted molar refractivity (Wildman–Crippen MR) is 61.8 cm³/mol. The van der Waals surface area contributed by atoms with Crippen molar-refractivity contribution in [3.63, 3.8) is 0 Å². The monoisotopic (exact) mass is 242 g/mol. The van der Waals surface area contributed by atoms with Crippen molar-refractivity contribution in [2.45, 2.75) is 76.3 Å². The van der Waals surface area contributed by atoms with Crippen LogP contribution in [0.4, 0.5) is 0 Å². The van der Waals surface area contributed by atoms with E-state index in [9.17, 15) is 0 Å². The van der Waals surface area contributed by atoms with Crippen molar-refractivity contribution < 1.29 is 18.9 Å². The molecule has 3 heterocycles. The molecular formula is C13H22O4. The van der Waals surface area contributed by atoms with Crippen molar-refractivity contribution in [3.05, 3.63) is 0 Å². The maximum atomic E-state index is 6.05. The van der Waals surface area contributed by atoms with Crippen LogP contribution in [0, 0.1) is 0 Å². The standard InChI is InChI=1S/C13H22O4/c1-12(2)6-5-8(15-12)10-11-9(7-14-10)16-13(3,4)17-11/h8-11H,5-7H2,1-4H3. The highest BCUT2D eigenvalue weighted by molar-refractivity contribution is 4.98. The summed E-state index contributed by atoms with van der Waals surface area (Å²) in [6.07, 6.45) is 2.41. The second-order valence-electron chi connectivity index (χ2n) is 6.39. The fourth-order valence-electron chi connectivity index (χ4n) is 3.14. The van der Waals surface area contributed by atoms with Gasteiger partial charge in [-0.2, -0.15) is 0 Å². The van der Waals surface area contributed by atoms with E-state index in [4.69, 9.17) is 18.9 Å². The molecule has 0 saturated carbocycles. The van der Waals surface area contributed by atoms with E-state index in [-0.39, 0.29) is 30.0 Å². The molecule has 4 nitrogen and oxygen atoms in total. The molecule has 4 heteroatoms. The molecule has 0 radical (unpaired) electrons.